The molecule has 25 heavy (non-hydrogen) atoms. The Balaban J connectivity index is 1.84. The van der Waals surface area contributed by atoms with Crippen LogP contribution in [0.15, 0.2) is 29.8 Å². The van der Waals surface area contributed by atoms with Gasteiger partial charge in [0.25, 0.3) is 5.91 Å². The normalized spacial score (nSPS) is 11.4. The molecule has 0 aliphatic carbocycles. The highest BCUT2D eigenvalue weighted by atomic mass is 32.1. The standard InChI is InChI=1S/C14H9F3N6OS/c1-7-19-10(8-4-2-3-5-18-8)22-13(20-7)23-11(24)12-21-9(6-25-12)14(15,16)17/h2-6H,1H3,(H,19,20,22,23,24). The molecule has 0 unspecified atom stereocenters. The van der Waals surface area contributed by atoms with E-state index in [9.17, 15) is 18.0 Å². The number of anilines is 1. The highest BCUT2D eigenvalue weighted by Crippen LogP contribution is 2.30. The average Bonchev–Trinajstić information content (AvgIpc) is 3.05. The number of pyridine rings is 1. The van der Waals surface area contributed by atoms with Gasteiger partial charge < -0.3 is 0 Å². The summed E-state index contributed by atoms with van der Waals surface area (Å²) in [5, 5.41) is 2.75. The lowest BCUT2D eigenvalue weighted by atomic mass is 10.3. The van der Waals surface area contributed by atoms with Crippen LogP contribution in [0.3, 0.4) is 0 Å². The Bertz CT molecular complexity index is 912. The fourth-order valence-corrected chi connectivity index (χ4v) is 2.53. The van der Waals surface area contributed by atoms with Gasteiger partial charge in [-0.2, -0.15) is 23.1 Å². The zero-order valence-corrected chi connectivity index (χ0v) is 13.4. The van der Waals surface area contributed by atoms with E-state index in [2.05, 4.69) is 30.2 Å². The average molecular weight is 366 g/mol. The van der Waals surface area contributed by atoms with Gasteiger partial charge in [-0.15, -0.1) is 11.3 Å². The SMILES string of the molecule is Cc1nc(NC(=O)c2nc(C(F)(F)F)cs2)nc(-c2ccccn2)n1. The highest BCUT2D eigenvalue weighted by Gasteiger charge is 2.34. The van der Waals surface area contributed by atoms with E-state index in [0.29, 0.717) is 22.9 Å². The monoisotopic (exact) mass is 366 g/mol. The van der Waals surface area contributed by atoms with E-state index in [1.165, 1.54) is 0 Å². The molecule has 3 heterocycles. The van der Waals surface area contributed by atoms with Crippen LogP contribution in [0.1, 0.15) is 21.3 Å². The van der Waals surface area contributed by atoms with Crippen LogP contribution in [0.2, 0.25) is 0 Å². The lowest BCUT2D eigenvalue weighted by molar-refractivity contribution is -0.140. The molecule has 128 valence electrons. The molecule has 0 aliphatic rings. The molecule has 1 N–H and O–H groups in total. The first-order chi connectivity index (χ1) is 11.8. The maximum absolute atomic E-state index is 12.6. The third kappa shape index (κ3) is 3.94. The van der Waals surface area contributed by atoms with Gasteiger partial charge in [-0.3, -0.25) is 15.1 Å². The van der Waals surface area contributed by atoms with Crippen LogP contribution >= 0.6 is 11.3 Å². The van der Waals surface area contributed by atoms with E-state index < -0.39 is 17.8 Å². The van der Waals surface area contributed by atoms with Crippen LogP contribution in [-0.4, -0.2) is 30.8 Å². The van der Waals surface area contributed by atoms with Crippen molar-refractivity contribution in [1.82, 2.24) is 24.9 Å². The second kappa shape index (κ2) is 6.51. The summed E-state index contributed by atoms with van der Waals surface area (Å²) in [7, 11) is 0. The van der Waals surface area contributed by atoms with Crippen molar-refractivity contribution in [3.63, 3.8) is 0 Å². The van der Waals surface area contributed by atoms with Gasteiger partial charge in [-0.05, 0) is 19.1 Å². The first-order valence-corrected chi connectivity index (χ1v) is 7.69. The van der Waals surface area contributed by atoms with Crippen molar-refractivity contribution in [2.24, 2.45) is 0 Å². The Morgan fingerprint density at radius 2 is 1.96 bits per heavy atom. The number of hydrogen-bond donors (Lipinski definition) is 1. The lowest BCUT2D eigenvalue weighted by Crippen LogP contribution is -2.16. The summed E-state index contributed by atoms with van der Waals surface area (Å²) < 4.78 is 37.7. The molecular weight excluding hydrogens is 357 g/mol. The van der Waals surface area contributed by atoms with Crippen LogP contribution < -0.4 is 5.32 Å². The Hall–Kier alpha value is -2.95. The molecule has 0 aromatic carbocycles. The number of aromatic nitrogens is 5. The van der Waals surface area contributed by atoms with Gasteiger partial charge in [0, 0.05) is 11.6 Å². The number of hydrogen-bond acceptors (Lipinski definition) is 7. The smallest absolute Gasteiger partial charge is 0.288 e. The second-order valence-corrected chi connectivity index (χ2v) is 5.59. The Morgan fingerprint density at radius 3 is 2.60 bits per heavy atom. The number of thiazole rings is 1. The van der Waals surface area contributed by atoms with Crippen molar-refractivity contribution >= 4 is 23.2 Å². The summed E-state index contributed by atoms with van der Waals surface area (Å²) in [6, 6.07) is 5.14. The lowest BCUT2D eigenvalue weighted by Gasteiger charge is -2.05. The zero-order chi connectivity index (χ0) is 18.0. The number of amides is 1. The minimum atomic E-state index is -4.61. The minimum absolute atomic E-state index is 0.0955. The number of nitrogens with one attached hydrogen (secondary N) is 1. The van der Waals surface area contributed by atoms with Crippen LogP contribution in [0.4, 0.5) is 19.1 Å². The van der Waals surface area contributed by atoms with Crippen LogP contribution in [0.25, 0.3) is 11.5 Å². The van der Waals surface area contributed by atoms with Gasteiger partial charge in [0.15, 0.2) is 16.5 Å². The second-order valence-electron chi connectivity index (χ2n) is 4.73. The van der Waals surface area contributed by atoms with Crippen LogP contribution in [-0.2, 0) is 6.18 Å². The summed E-state index contributed by atoms with van der Waals surface area (Å²) >= 11 is 0.582. The van der Waals surface area contributed by atoms with Gasteiger partial charge in [-0.1, -0.05) is 6.07 Å². The summed E-state index contributed by atoms with van der Waals surface area (Å²) in [4.78, 5) is 31.6. The number of alkyl halides is 3. The number of rotatable bonds is 3. The third-order valence-corrected chi connectivity index (χ3v) is 3.70. The molecule has 3 rings (SSSR count). The minimum Gasteiger partial charge on any atom is -0.288 e. The number of carbonyl (C=O) groups is 1. The van der Waals surface area contributed by atoms with Gasteiger partial charge in [0.05, 0.1) is 0 Å². The van der Waals surface area contributed by atoms with E-state index in [0.717, 1.165) is 5.38 Å². The van der Waals surface area contributed by atoms with E-state index in [-0.39, 0.29) is 16.8 Å². The molecule has 0 atom stereocenters. The van der Waals surface area contributed by atoms with E-state index >= 15 is 0 Å². The van der Waals surface area contributed by atoms with Gasteiger partial charge in [0.1, 0.15) is 11.5 Å². The van der Waals surface area contributed by atoms with E-state index in [1.54, 1.807) is 31.3 Å². The van der Waals surface area contributed by atoms with Crippen LogP contribution in [0.5, 0.6) is 0 Å². The highest BCUT2D eigenvalue weighted by molar-refractivity contribution is 7.11. The largest absolute Gasteiger partial charge is 0.434 e. The maximum atomic E-state index is 12.6. The number of carbonyl (C=O) groups excluding carboxylic acids is 1. The summed E-state index contributed by atoms with van der Waals surface area (Å²) in [6.07, 6.45) is -3.05. The van der Waals surface area contributed by atoms with Crippen molar-refractivity contribution < 1.29 is 18.0 Å². The molecule has 3 aromatic rings. The predicted octanol–water partition coefficient (Wildman–Crippen LogP) is 2.97. The molecule has 7 nitrogen and oxygen atoms in total. The van der Waals surface area contributed by atoms with E-state index in [4.69, 9.17) is 0 Å². The van der Waals surface area contributed by atoms with Crippen LogP contribution in [0, 0.1) is 6.92 Å². The van der Waals surface area contributed by atoms with Crippen molar-refractivity contribution in [3.8, 4) is 11.5 Å². The zero-order valence-electron chi connectivity index (χ0n) is 12.6. The van der Waals surface area contributed by atoms with E-state index in [1.807, 2.05) is 0 Å². The Labute approximate surface area is 143 Å². The van der Waals surface area contributed by atoms with Crippen molar-refractivity contribution in [2.45, 2.75) is 13.1 Å². The molecule has 0 aliphatic heterocycles. The first kappa shape index (κ1) is 16.9. The fraction of sp³-hybridized carbons (Fsp3) is 0.143. The molecule has 0 radical (unpaired) electrons. The molecular formula is C14H9F3N6OS. The van der Waals surface area contributed by atoms with Gasteiger partial charge >= 0.3 is 6.18 Å². The third-order valence-electron chi connectivity index (χ3n) is 2.86. The van der Waals surface area contributed by atoms with Gasteiger partial charge in [-0.25, -0.2) is 9.97 Å². The molecule has 0 fully saturated rings. The molecule has 0 saturated heterocycles. The number of nitrogens with zero attached hydrogens (tertiary/aromatic N) is 5. The summed E-state index contributed by atoms with van der Waals surface area (Å²) in [5.41, 5.74) is -0.652. The molecule has 11 heteroatoms. The predicted molar refractivity (Wildman–Crippen MR) is 82.9 cm³/mol. The first-order valence-electron chi connectivity index (χ1n) is 6.81. The topological polar surface area (TPSA) is 93.6 Å². The quantitative estimate of drug-likeness (QED) is 0.766. The van der Waals surface area contributed by atoms with Crippen molar-refractivity contribution in [1.29, 1.82) is 0 Å². The molecule has 0 spiro atoms. The van der Waals surface area contributed by atoms with Gasteiger partial charge in [0.2, 0.25) is 5.95 Å². The Kier molecular flexibility index (Phi) is 4.40. The molecule has 0 bridgehead atoms. The number of halogens is 3. The maximum Gasteiger partial charge on any atom is 0.434 e. The molecule has 1 amide bonds. The van der Waals surface area contributed by atoms with Crippen molar-refractivity contribution in [2.75, 3.05) is 5.32 Å². The Morgan fingerprint density at radius 1 is 1.16 bits per heavy atom. The summed E-state index contributed by atoms with van der Waals surface area (Å²) in [5.74, 6) is -0.375. The molecule has 3 aromatic heterocycles. The molecule has 0 saturated carbocycles. The number of aryl methyl sites for hydroxylation is 1. The fourth-order valence-electron chi connectivity index (χ4n) is 1.81. The summed E-state index contributed by atoms with van der Waals surface area (Å²) in [6.45, 7) is 1.59. The van der Waals surface area contributed by atoms with Crippen molar-refractivity contribution in [3.05, 3.63) is 46.3 Å².